The molecule has 2 aliphatic heterocycles. The summed E-state index contributed by atoms with van der Waals surface area (Å²) in [5, 5.41) is 2.84. The first-order valence-corrected chi connectivity index (χ1v) is 4.94. The summed E-state index contributed by atoms with van der Waals surface area (Å²) in [5.74, 6) is 0.0771. The third-order valence-corrected chi connectivity index (χ3v) is 2.66. The van der Waals surface area contributed by atoms with Crippen LogP contribution in [0, 0.1) is 0 Å². The van der Waals surface area contributed by atoms with Crippen LogP contribution in [0.5, 0.6) is 0 Å². The van der Waals surface area contributed by atoms with Gasteiger partial charge in [0.2, 0.25) is 11.8 Å². The zero-order valence-electron chi connectivity index (χ0n) is 8.25. The lowest BCUT2D eigenvalue weighted by atomic mass is 10.1. The van der Waals surface area contributed by atoms with E-state index in [9.17, 15) is 9.59 Å². The molecule has 0 radical (unpaired) electrons. The van der Waals surface area contributed by atoms with Gasteiger partial charge in [-0.3, -0.25) is 9.59 Å². The maximum Gasteiger partial charge on any atom is 0.248 e. The normalized spacial score (nSPS) is 27.6. The highest BCUT2D eigenvalue weighted by Crippen LogP contribution is 2.18. The summed E-state index contributed by atoms with van der Waals surface area (Å²) in [6.45, 7) is 2.59. The highest BCUT2D eigenvalue weighted by atomic mass is 16.2. The summed E-state index contributed by atoms with van der Waals surface area (Å²) < 4.78 is 0. The molecule has 2 heterocycles. The van der Waals surface area contributed by atoms with Crippen molar-refractivity contribution in [3.63, 3.8) is 0 Å². The molecule has 4 nitrogen and oxygen atoms in total. The van der Waals surface area contributed by atoms with Gasteiger partial charge in [-0.15, -0.1) is 0 Å². The van der Waals surface area contributed by atoms with Crippen LogP contribution in [0.4, 0.5) is 0 Å². The van der Waals surface area contributed by atoms with Crippen molar-refractivity contribution in [3.8, 4) is 0 Å². The topological polar surface area (TPSA) is 49.4 Å². The van der Waals surface area contributed by atoms with E-state index in [2.05, 4.69) is 5.32 Å². The molecule has 0 aliphatic carbocycles. The Hall–Kier alpha value is -1.32. The highest BCUT2D eigenvalue weighted by molar-refractivity contribution is 5.91. The van der Waals surface area contributed by atoms with Gasteiger partial charge in [0.15, 0.2) is 0 Å². The summed E-state index contributed by atoms with van der Waals surface area (Å²) in [7, 11) is 0. The predicted octanol–water partition coefficient (Wildman–Crippen LogP) is 0.401. The van der Waals surface area contributed by atoms with Crippen molar-refractivity contribution in [1.29, 1.82) is 0 Å². The van der Waals surface area contributed by atoms with Gasteiger partial charge in [0.25, 0.3) is 0 Å². The van der Waals surface area contributed by atoms with E-state index in [0.29, 0.717) is 13.0 Å². The highest BCUT2D eigenvalue weighted by Gasteiger charge is 2.29. The number of nitrogens with one attached hydrogen (secondary N) is 1. The summed E-state index contributed by atoms with van der Waals surface area (Å²) >= 11 is 0. The van der Waals surface area contributed by atoms with Crippen LogP contribution in [0.1, 0.15) is 26.2 Å². The first kappa shape index (κ1) is 9.24. The molecule has 1 saturated heterocycles. The average molecular weight is 194 g/mol. The van der Waals surface area contributed by atoms with Gasteiger partial charge in [-0.2, -0.15) is 0 Å². The van der Waals surface area contributed by atoms with Crippen molar-refractivity contribution in [1.82, 2.24) is 10.2 Å². The zero-order valence-corrected chi connectivity index (χ0v) is 8.25. The number of piperidine rings is 1. The Bertz CT molecular complexity index is 309. The standard InChI is InChI=1S/C10H14N2O2/c1-7-5-10(14)12(6-7)8-3-2-4-9(13)11-8/h5,8H,2-4,6H2,1H3,(H,11,13). The summed E-state index contributed by atoms with van der Waals surface area (Å²) in [4.78, 5) is 24.4. The van der Waals surface area contributed by atoms with E-state index in [-0.39, 0.29) is 18.0 Å². The Kier molecular flexibility index (Phi) is 2.27. The second-order valence-electron chi connectivity index (χ2n) is 3.93. The predicted molar refractivity (Wildman–Crippen MR) is 51.3 cm³/mol. The summed E-state index contributed by atoms with van der Waals surface area (Å²) in [5.41, 5.74) is 1.06. The number of carbonyl (C=O) groups excluding carboxylic acids is 2. The van der Waals surface area contributed by atoms with Crippen molar-refractivity contribution in [2.75, 3.05) is 6.54 Å². The Morgan fingerprint density at radius 1 is 1.50 bits per heavy atom. The van der Waals surface area contributed by atoms with Gasteiger partial charge in [-0.25, -0.2) is 0 Å². The molecule has 1 unspecified atom stereocenters. The zero-order chi connectivity index (χ0) is 10.1. The molecule has 0 aromatic heterocycles. The maximum absolute atomic E-state index is 11.5. The molecule has 4 heteroatoms. The van der Waals surface area contributed by atoms with Gasteiger partial charge in [-0.1, -0.05) is 0 Å². The van der Waals surface area contributed by atoms with Crippen LogP contribution in [0.25, 0.3) is 0 Å². The van der Waals surface area contributed by atoms with Gasteiger partial charge in [-0.05, 0) is 25.3 Å². The van der Waals surface area contributed by atoms with Gasteiger partial charge in [0.05, 0.1) is 0 Å². The third-order valence-electron chi connectivity index (χ3n) is 2.66. The fraction of sp³-hybridized carbons (Fsp3) is 0.600. The van der Waals surface area contributed by atoms with Crippen molar-refractivity contribution in [2.24, 2.45) is 0 Å². The number of carbonyl (C=O) groups is 2. The minimum atomic E-state index is -0.0857. The molecule has 0 saturated carbocycles. The van der Waals surface area contributed by atoms with E-state index in [0.717, 1.165) is 18.4 Å². The SMILES string of the molecule is CC1=CC(=O)N(C2CCCC(=O)N2)C1. The smallest absolute Gasteiger partial charge is 0.248 e. The van der Waals surface area contributed by atoms with E-state index >= 15 is 0 Å². The molecule has 0 aromatic rings. The molecule has 2 aliphatic rings. The van der Waals surface area contributed by atoms with E-state index in [1.807, 2.05) is 6.92 Å². The lowest BCUT2D eigenvalue weighted by molar-refractivity contribution is -0.131. The second-order valence-corrected chi connectivity index (χ2v) is 3.93. The minimum absolute atomic E-state index is 0.0229. The first-order valence-electron chi connectivity index (χ1n) is 4.94. The molecular weight excluding hydrogens is 180 g/mol. The lowest BCUT2D eigenvalue weighted by Crippen LogP contribution is -2.51. The van der Waals surface area contributed by atoms with Crippen LogP contribution in [-0.2, 0) is 9.59 Å². The Morgan fingerprint density at radius 2 is 2.29 bits per heavy atom. The minimum Gasteiger partial charge on any atom is -0.336 e. The fourth-order valence-corrected chi connectivity index (χ4v) is 1.97. The molecule has 2 rings (SSSR count). The molecule has 2 amide bonds. The molecular formula is C10H14N2O2. The number of nitrogens with zero attached hydrogens (tertiary/aromatic N) is 1. The van der Waals surface area contributed by atoms with Crippen LogP contribution in [0.2, 0.25) is 0 Å². The van der Waals surface area contributed by atoms with Crippen LogP contribution < -0.4 is 5.32 Å². The van der Waals surface area contributed by atoms with E-state index in [1.165, 1.54) is 0 Å². The van der Waals surface area contributed by atoms with Crippen molar-refractivity contribution in [3.05, 3.63) is 11.6 Å². The third kappa shape index (κ3) is 1.64. The summed E-state index contributed by atoms with van der Waals surface area (Å²) in [6, 6.07) is 0. The largest absolute Gasteiger partial charge is 0.336 e. The van der Waals surface area contributed by atoms with Gasteiger partial charge < -0.3 is 10.2 Å². The quantitative estimate of drug-likeness (QED) is 0.657. The molecule has 1 fully saturated rings. The number of hydrogen-bond donors (Lipinski definition) is 1. The van der Waals surface area contributed by atoms with Gasteiger partial charge >= 0.3 is 0 Å². The summed E-state index contributed by atoms with van der Waals surface area (Å²) in [6.07, 6.45) is 3.89. The van der Waals surface area contributed by atoms with E-state index in [1.54, 1.807) is 11.0 Å². The molecule has 0 bridgehead atoms. The van der Waals surface area contributed by atoms with Gasteiger partial charge in [0, 0.05) is 19.0 Å². The molecule has 1 atom stereocenters. The van der Waals surface area contributed by atoms with Gasteiger partial charge in [0.1, 0.15) is 6.17 Å². The van der Waals surface area contributed by atoms with Crippen LogP contribution in [0.3, 0.4) is 0 Å². The van der Waals surface area contributed by atoms with E-state index in [4.69, 9.17) is 0 Å². The van der Waals surface area contributed by atoms with E-state index < -0.39 is 0 Å². The number of amides is 2. The van der Waals surface area contributed by atoms with Crippen LogP contribution >= 0.6 is 0 Å². The second kappa shape index (κ2) is 3.44. The maximum atomic E-state index is 11.5. The number of hydrogen-bond acceptors (Lipinski definition) is 2. The fourth-order valence-electron chi connectivity index (χ4n) is 1.97. The monoisotopic (exact) mass is 194 g/mol. The molecule has 0 spiro atoms. The van der Waals surface area contributed by atoms with Crippen LogP contribution in [0.15, 0.2) is 11.6 Å². The molecule has 1 N–H and O–H groups in total. The number of rotatable bonds is 1. The molecule has 0 aromatic carbocycles. The average Bonchev–Trinajstić information content (AvgIpc) is 2.45. The molecule has 76 valence electrons. The van der Waals surface area contributed by atoms with Crippen molar-refractivity contribution < 1.29 is 9.59 Å². The van der Waals surface area contributed by atoms with Crippen LogP contribution in [-0.4, -0.2) is 29.4 Å². The van der Waals surface area contributed by atoms with Crippen molar-refractivity contribution >= 4 is 11.8 Å². The Balaban J connectivity index is 2.02. The molecule has 14 heavy (non-hydrogen) atoms. The Morgan fingerprint density at radius 3 is 2.86 bits per heavy atom. The first-order chi connectivity index (χ1) is 6.66. The Labute approximate surface area is 83.0 Å². The lowest BCUT2D eigenvalue weighted by Gasteiger charge is -2.31. The van der Waals surface area contributed by atoms with Crippen molar-refractivity contribution in [2.45, 2.75) is 32.4 Å².